The number of hydrogen-bond acceptors (Lipinski definition) is 1. The Bertz CT molecular complexity index is 560. The molecule has 0 saturated carbocycles. The highest BCUT2D eigenvalue weighted by Gasteiger charge is 2.07. The molecule has 88 valence electrons. The first-order chi connectivity index (χ1) is 8.27. The first-order valence-electron chi connectivity index (χ1n) is 5.62. The number of rotatable bonds is 3. The number of halogens is 1. The van der Waals surface area contributed by atoms with Gasteiger partial charge in [-0.2, -0.15) is 0 Å². The van der Waals surface area contributed by atoms with Gasteiger partial charge in [-0.15, -0.1) is 0 Å². The zero-order chi connectivity index (χ0) is 12.3. The molecule has 1 aromatic heterocycles. The van der Waals surface area contributed by atoms with Crippen molar-refractivity contribution in [3.63, 3.8) is 0 Å². The fourth-order valence-corrected chi connectivity index (χ4v) is 2.33. The molecule has 0 aliphatic rings. The average Bonchev–Trinajstić information content (AvgIpc) is 2.39. The van der Waals surface area contributed by atoms with Crippen LogP contribution in [0.5, 0.6) is 0 Å². The Labute approximate surface area is 109 Å². The maximum absolute atomic E-state index is 12.2. The summed E-state index contributed by atoms with van der Waals surface area (Å²) >= 11 is 3.34. The van der Waals surface area contributed by atoms with E-state index in [9.17, 15) is 4.79 Å². The minimum absolute atomic E-state index is 0.0886. The molecule has 2 nitrogen and oxygen atoms in total. The molecule has 0 amide bonds. The van der Waals surface area contributed by atoms with Crippen LogP contribution in [0.4, 0.5) is 0 Å². The van der Waals surface area contributed by atoms with Crippen LogP contribution in [0.15, 0.2) is 47.3 Å². The van der Waals surface area contributed by atoms with E-state index in [1.807, 2.05) is 54.0 Å². The highest BCUT2D eigenvalue weighted by Crippen LogP contribution is 2.18. The number of alkyl halides is 1. The van der Waals surface area contributed by atoms with Gasteiger partial charge in [0.05, 0.1) is 5.69 Å². The normalized spacial score (nSPS) is 10.5. The third-order valence-electron chi connectivity index (χ3n) is 2.78. The van der Waals surface area contributed by atoms with E-state index in [0.717, 1.165) is 16.8 Å². The van der Waals surface area contributed by atoms with Crippen LogP contribution < -0.4 is 5.56 Å². The number of nitrogens with zero attached hydrogens (tertiary/aromatic N) is 1. The second kappa shape index (κ2) is 5.32. The molecule has 1 aromatic carbocycles. The molecular weight excluding hydrogens is 278 g/mol. The number of hydrogen-bond donors (Lipinski definition) is 0. The van der Waals surface area contributed by atoms with Gasteiger partial charge in [-0.25, -0.2) is 0 Å². The Hall–Kier alpha value is -1.35. The van der Waals surface area contributed by atoms with Gasteiger partial charge >= 0.3 is 0 Å². The molecule has 0 aliphatic carbocycles. The topological polar surface area (TPSA) is 22.0 Å². The highest BCUT2D eigenvalue weighted by molar-refractivity contribution is 9.08. The van der Waals surface area contributed by atoms with E-state index >= 15 is 0 Å². The molecule has 17 heavy (non-hydrogen) atoms. The van der Waals surface area contributed by atoms with Crippen molar-refractivity contribution in [3.8, 4) is 11.3 Å². The van der Waals surface area contributed by atoms with Gasteiger partial charge in [0, 0.05) is 17.4 Å². The van der Waals surface area contributed by atoms with Crippen molar-refractivity contribution in [1.82, 2.24) is 4.57 Å². The van der Waals surface area contributed by atoms with Crippen LogP contribution in [0.3, 0.4) is 0 Å². The molecule has 1 heterocycles. The van der Waals surface area contributed by atoms with Crippen LogP contribution in [0.2, 0.25) is 0 Å². The first kappa shape index (κ1) is 12.1. The van der Waals surface area contributed by atoms with Crippen LogP contribution in [0, 0.1) is 0 Å². The summed E-state index contributed by atoms with van der Waals surface area (Å²) < 4.78 is 1.81. The second-order valence-corrected chi connectivity index (χ2v) is 4.35. The van der Waals surface area contributed by atoms with Gasteiger partial charge in [0.1, 0.15) is 0 Å². The maximum atomic E-state index is 12.2. The Morgan fingerprint density at radius 3 is 2.41 bits per heavy atom. The van der Waals surface area contributed by atoms with Crippen LogP contribution in [0.1, 0.15) is 12.5 Å². The molecular formula is C14H14BrNO. The fourth-order valence-electron chi connectivity index (χ4n) is 1.90. The van der Waals surface area contributed by atoms with E-state index in [4.69, 9.17) is 0 Å². The predicted octanol–water partition coefficient (Wildman–Crippen LogP) is 3.43. The van der Waals surface area contributed by atoms with Crippen molar-refractivity contribution in [1.29, 1.82) is 0 Å². The Balaban J connectivity index is 2.64. The van der Waals surface area contributed by atoms with Crippen molar-refractivity contribution in [2.45, 2.75) is 18.8 Å². The summed E-state index contributed by atoms with van der Waals surface area (Å²) in [5.41, 5.74) is 2.94. The Kier molecular flexibility index (Phi) is 3.79. The van der Waals surface area contributed by atoms with Crippen LogP contribution in [-0.2, 0) is 11.9 Å². The van der Waals surface area contributed by atoms with Crippen LogP contribution in [0.25, 0.3) is 11.3 Å². The quantitative estimate of drug-likeness (QED) is 0.794. The molecule has 0 N–H and O–H groups in total. The van der Waals surface area contributed by atoms with Gasteiger partial charge in [-0.3, -0.25) is 4.79 Å². The van der Waals surface area contributed by atoms with E-state index in [1.54, 1.807) is 0 Å². The van der Waals surface area contributed by atoms with Gasteiger partial charge in [0.15, 0.2) is 0 Å². The molecule has 0 atom stereocenters. The van der Waals surface area contributed by atoms with Gasteiger partial charge in [0.25, 0.3) is 5.56 Å². The zero-order valence-corrected chi connectivity index (χ0v) is 11.3. The fraction of sp³-hybridized carbons (Fsp3) is 0.214. The molecule has 2 aromatic rings. The molecule has 0 spiro atoms. The minimum atomic E-state index is 0.0886. The largest absolute Gasteiger partial charge is 0.308 e. The van der Waals surface area contributed by atoms with Gasteiger partial charge < -0.3 is 4.57 Å². The SMILES string of the molecule is CCn1c(-c2ccccc2)ccc(CBr)c1=O. The maximum Gasteiger partial charge on any atom is 0.255 e. The molecule has 0 bridgehead atoms. The van der Waals surface area contributed by atoms with Crippen molar-refractivity contribution in [2.75, 3.05) is 0 Å². The molecule has 0 aliphatic heterocycles. The number of benzene rings is 1. The summed E-state index contributed by atoms with van der Waals surface area (Å²) in [6, 6.07) is 13.9. The first-order valence-corrected chi connectivity index (χ1v) is 6.74. The van der Waals surface area contributed by atoms with E-state index in [-0.39, 0.29) is 5.56 Å². The summed E-state index contributed by atoms with van der Waals surface area (Å²) in [5, 5.41) is 0.598. The Morgan fingerprint density at radius 2 is 1.82 bits per heavy atom. The summed E-state index contributed by atoms with van der Waals surface area (Å²) in [4.78, 5) is 12.2. The monoisotopic (exact) mass is 291 g/mol. The van der Waals surface area contributed by atoms with Gasteiger partial charge in [-0.05, 0) is 18.6 Å². The Morgan fingerprint density at radius 1 is 1.12 bits per heavy atom. The lowest BCUT2D eigenvalue weighted by Crippen LogP contribution is -2.23. The molecule has 2 rings (SSSR count). The van der Waals surface area contributed by atoms with E-state index < -0.39 is 0 Å². The van der Waals surface area contributed by atoms with Crippen molar-refractivity contribution in [2.24, 2.45) is 0 Å². The van der Waals surface area contributed by atoms with E-state index in [2.05, 4.69) is 15.9 Å². The van der Waals surface area contributed by atoms with Crippen LogP contribution >= 0.6 is 15.9 Å². The number of pyridine rings is 1. The highest BCUT2D eigenvalue weighted by atomic mass is 79.9. The minimum Gasteiger partial charge on any atom is -0.308 e. The summed E-state index contributed by atoms with van der Waals surface area (Å²) in [7, 11) is 0. The molecule has 0 unspecified atom stereocenters. The predicted molar refractivity (Wildman–Crippen MR) is 74.4 cm³/mol. The van der Waals surface area contributed by atoms with E-state index in [1.165, 1.54) is 0 Å². The zero-order valence-electron chi connectivity index (χ0n) is 9.69. The third kappa shape index (κ3) is 2.34. The van der Waals surface area contributed by atoms with Gasteiger partial charge in [-0.1, -0.05) is 52.3 Å². The third-order valence-corrected chi connectivity index (χ3v) is 3.39. The smallest absolute Gasteiger partial charge is 0.255 e. The second-order valence-electron chi connectivity index (χ2n) is 3.79. The standard InChI is InChI=1S/C14H14BrNO/c1-2-16-13(11-6-4-3-5-7-11)9-8-12(10-15)14(16)17/h3-9H,2,10H2,1H3. The summed E-state index contributed by atoms with van der Waals surface area (Å²) in [6.45, 7) is 2.68. The molecule has 3 heteroatoms. The summed E-state index contributed by atoms with van der Waals surface area (Å²) in [6.07, 6.45) is 0. The van der Waals surface area contributed by atoms with Crippen molar-refractivity contribution >= 4 is 15.9 Å². The lowest BCUT2D eigenvalue weighted by Gasteiger charge is -2.12. The number of aromatic nitrogens is 1. The molecule has 0 radical (unpaired) electrons. The average molecular weight is 292 g/mol. The lowest BCUT2D eigenvalue weighted by molar-refractivity contribution is 0.729. The van der Waals surface area contributed by atoms with Crippen LogP contribution in [-0.4, -0.2) is 4.57 Å². The van der Waals surface area contributed by atoms with E-state index in [0.29, 0.717) is 11.9 Å². The molecule has 0 fully saturated rings. The van der Waals surface area contributed by atoms with Crippen molar-refractivity contribution in [3.05, 3.63) is 58.4 Å². The van der Waals surface area contributed by atoms with Crippen molar-refractivity contribution < 1.29 is 0 Å². The summed E-state index contributed by atoms with van der Waals surface area (Å²) in [5.74, 6) is 0. The van der Waals surface area contributed by atoms with Gasteiger partial charge in [0.2, 0.25) is 0 Å². The molecule has 0 saturated heterocycles. The lowest BCUT2D eigenvalue weighted by atomic mass is 10.1.